The molecule has 4 nitrogen and oxygen atoms in total. The van der Waals surface area contributed by atoms with Crippen molar-refractivity contribution in [3.05, 3.63) is 75.2 Å². The van der Waals surface area contributed by atoms with E-state index in [0.29, 0.717) is 12.1 Å². The number of nitrogens with one attached hydrogen (secondary N) is 1. The molecule has 2 heterocycles. The predicted molar refractivity (Wildman–Crippen MR) is 102 cm³/mol. The van der Waals surface area contributed by atoms with E-state index in [1.54, 1.807) is 11.3 Å². The van der Waals surface area contributed by atoms with E-state index in [1.807, 2.05) is 48.9 Å². The number of benzene rings is 1. The molecule has 0 aliphatic carbocycles. The Morgan fingerprint density at radius 3 is 2.56 bits per heavy atom. The second-order valence-electron chi connectivity index (χ2n) is 6.16. The smallest absolute Gasteiger partial charge is 0.251 e. The van der Waals surface area contributed by atoms with Crippen molar-refractivity contribution >= 4 is 17.2 Å². The van der Waals surface area contributed by atoms with Gasteiger partial charge in [-0.25, -0.2) is 0 Å². The highest BCUT2D eigenvalue weighted by Crippen LogP contribution is 2.24. The third-order valence-electron chi connectivity index (χ3n) is 4.29. The van der Waals surface area contributed by atoms with Crippen molar-refractivity contribution in [1.29, 1.82) is 0 Å². The molecule has 1 aromatic carbocycles. The van der Waals surface area contributed by atoms with Gasteiger partial charge in [-0.2, -0.15) is 5.10 Å². The molecular weight excluding hydrogens is 330 g/mol. The number of thiophene rings is 1. The minimum atomic E-state index is -0.0502. The molecule has 25 heavy (non-hydrogen) atoms. The van der Waals surface area contributed by atoms with Crippen LogP contribution in [0.5, 0.6) is 0 Å². The van der Waals surface area contributed by atoms with Crippen molar-refractivity contribution in [2.75, 3.05) is 6.54 Å². The molecule has 1 amide bonds. The van der Waals surface area contributed by atoms with Crippen molar-refractivity contribution in [2.24, 2.45) is 0 Å². The van der Waals surface area contributed by atoms with Gasteiger partial charge in [-0.05, 0) is 55.5 Å². The van der Waals surface area contributed by atoms with E-state index in [4.69, 9.17) is 0 Å². The van der Waals surface area contributed by atoms with Crippen LogP contribution in [0.2, 0.25) is 0 Å². The fourth-order valence-corrected chi connectivity index (χ4v) is 3.74. The Hall–Kier alpha value is -2.40. The van der Waals surface area contributed by atoms with E-state index in [2.05, 4.69) is 34.9 Å². The lowest BCUT2D eigenvalue weighted by molar-refractivity contribution is 0.0949. The monoisotopic (exact) mass is 353 g/mol. The molecule has 0 aliphatic rings. The average molecular weight is 353 g/mol. The van der Waals surface area contributed by atoms with Crippen molar-refractivity contribution < 1.29 is 4.79 Å². The van der Waals surface area contributed by atoms with Crippen LogP contribution in [0.25, 0.3) is 0 Å². The van der Waals surface area contributed by atoms with Crippen LogP contribution in [0, 0.1) is 13.8 Å². The van der Waals surface area contributed by atoms with Crippen LogP contribution in [-0.4, -0.2) is 22.2 Å². The van der Waals surface area contributed by atoms with E-state index < -0.39 is 0 Å². The van der Waals surface area contributed by atoms with Crippen molar-refractivity contribution in [1.82, 2.24) is 15.1 Å². The van der Waals surface area contributed by atoms with Gasteiger partial charge in [-0.15, -0.1) is 11.3 Å². The summed E-state index contributed by atoms with van der Waals surface area (Å²) in [6, 6.07) is 14.0. The predicted octanol–water partition coefficient (Wildman–Crippen LogP) is 4.14. The van der Waals surface area contributed by atoms with Gasteiger partial charge in [0, 0.05) is 22.7 Å². The summed E-state index contributed by atoms with van der Waals surface area (Å²) in [6.07, 6.45) is 0.972. The Morgan fingerprint density at radius 1 is 1.24 bits per heavy atom. The fraction of sp³-hybridized carbons (Fsp3) is 0.300. The first kappa shape index (κ1) is 17.4. The summed E-state index contributed by atoms with van der Waals surface area (Å²) < 4.78 is 2.00. The van der Waals surface area contributed by atoms with Gasteiger partial charge >= 0.3 is 0 Å². The molecule has 2 aromatic heterocycles. The van der Waals surface area contributed by atoms with Gasteiger partial charge in [0.05, 0.1) is 5.69 Å². The van der Waals surface area contributed by atoms with Crippen LogP contribution in [0.4, 0.5) is 0 Å². The van der Waals surface area contributed by atoms with Crippen molar-refractivity contribution in [2.45, 2.75) is 33.2 Å². The molecule has 1 N–H and O–H groups in total. The molecule has 3 aromatic rings. The van der Waals surface area contributed by atoms with Gasteiger partial charge in [0.15, 0.2) is 0 Å². The van der Waals surface area contributed by atoms with Crippen molar-refractivity contribution in [3.63, 3.8) is 0 Å². The molecule has 0 aliphatic heterocycles. The molecule has 1 atom stereocenters. The maximum absolute atomic E-state index is 12.5. The Balaban J connectivity index is 1.76. The van der Waals surface area contributed by atoms with Gasteiger partial charge < -0.3 is 5.32 Å². The number of aromatic nitrogens is 2. The molecule has 0 radical (unpaired) electrons. The second-order valence-corrected chi connectivity index (χ2v) is 7.14. The van der Waals surface area contributed by atoms with Gasteiger partial charge in [-0.3, -0.25) is 9.48 Å². The van der Waals surface area contributed by atoms with Crippen LogP contribution >= 0.6 is 11.3 Å². The van der Waals surface area contributed by atoms with Crippen LogP contribution in [0.15, 0.2) is 47.8 Å². The highest BCUT2D eigenvalue weighted by atomic mass is 32.1. The average Bonchev–Trinajstić information content (AvgIpc) is 3.25. The number of aryl methyl sites for hydroxylation is 3. The maximum Gasteiger partial charge on any atom is 0.251 e. The zero-order valence-electron chi connectivity index (χ0n) is 14.8. The van der Waals surface area contributed by atoms with E-state index in [1.165, 1.54) is 10.4 Å². The Labute approximate surface area is 152 Å². The molecule has 1 unspecified atom stereocenters. The second kappa shape index (κ2) is 7.66. The number of amides is 1. The van der Waals surface area contributed by atoms with E-state index >= 15 is 0 Å². The largest absolute Gasteiger partial charge is 0.350 e. The number of nitrogens with zero attached hydrogens (tertiary/aromatic N) is 2. The summed E-state index contributed by atoms with van der Waals surface area (Å²) in [5.41, 5.74) is 4.00. The highest BCUT2D eigenvalue weighted by Gasteiger charge is 2.19. The number of carbonyl (C=O) groups excluding carboxylic acids is 1. The number of carbonyl (C=O) groups is 1. The standard InChI is InChI=1S/C20H23N3OS/c1-4-16-7-9-17(10-8-16)20(24)21-13-18(19-6-5-11-25-19)23-15(3)12-14(2)22-23/h5-12,18H,4,13H2,1-3H3,(H,21,24). The zero-order chi connectivity index (χ0) is 17.8. The summed E-state index contributed by atoms with van der Waals surface area (Å²) in [4.78, 5) is 13.7. The van der Waals surface area contributed by atoms with Crippen LogP contribution in [0.3, 0.4) is 0 Å². The molecule has 0 saturated heterocycles. The number of hydrogen-bond donors (Lipinski definition) is 1. The molecular formula is C20H23N3OS. The molecule has 0 fully saturated rings. The van der Waals surface area contributed by atoms with E-state index in [9.17, 15) is 4.79 Å². The lowest BCUT2D eigenvalue weighted by Gasteiger charge is -2.19. The fourth-order valence-electron chi connectivity index (χ4n) is 2.93. The minimum Gasteiger partial charge on any atom is -0.350 e. The SMILES string of the molecule is CCc1ccc(C(=O)NCC(c2cccs2)n2nc(C)cc2C)cc1. The maximum atomic E-state index is 12.5. The number of rotatable bonds is 6. The normalized spacial score (nSPS) is 12.1. The van der Waals surface area contributed by atoms with Crippen LogP contribution in [-0.2, 0) is 6.42 Å². The third-order valence-corrected chi connectivity index (χ3v) is 5.27. The molecule has 0 bridgehead atoms. The first-order valence-corrected chi connectivity index (χ1v) is 9.39. The van der Waals surface area contributed by atoms with E-state index in [-0.39, 0.29) is 11.9 Å². The Morgan fingerprint density at radius 2 is 2.00 bits per heavy atom. The molecule has 3 rings (SSSR count). The summed E-state index contributed by atoms with van der Waals surface area (Å²) in [6.45, 7) is 6.65. The van der Waals surface area contributed by atoms with Crippen LogP contribution < -0.4 is 5.32 Å². The first-order chi connectivity index (χ1) is 12.1. The van der Waals surface area contributed by atoms with Gasteiger partial charge in [0.25, 0.3) is 5.91 Å². The van der Waals surface area contributed by atoms with Gasteiger partial charge in [-0.1, -0.05) is 25.1 Å². The number of hydrogen-bond acceptors (Lipinski definition) is 3. The summed E-state index contributed by atoms with van der Waals surface area (Å²) >= 11 is 1.68. The summed E-state index contributed by atoms with van der Waals surface area (Å²) in [5.74, 6) is -0.0502. The van der Waals surface area contributed by atoms with Gasteiger partial charge in [0.2, 0.25) is 0 Å². The molecule has 0 spiro atoms. The third kappa shape index (κ3) is 3.99. The van der Waals surface area contributed by atoms with E-state index in [0.717, 1.165) is 17.8 Å². The Kier molecular flexibility index (Phi) is 5.34. The zero-order valence-corrected chi connectivity index (χ0v) is 15.6. The van der Waals surface area contributed by atoms with Crippen molar-refractivity contribution in [3.8, 4) is 0 Å². The summed E-state index contributed by atoms with van der Waals surface area (Å²) in [5, 5.41) is 9.73. The van der Waals surface area contributed by atoms with Crippen LogP contribution in [0.1, 0.15) is 45.2 Å². The topological polar surface area (TPSA) is 46.9 Å². The minimum absolute atomic E-state index is 0.00700. The lowest BCUT2D eigenvalue weighted by Crippen LogP contribution is -2.31. The van der Waals surface area contributed by atoms with Gasteiger partial charge in [0.1, 0.15) is 6.04 Å². The lowest BCUT2D eigenvalue weighted by atomic mass is 10.1. The quantitative estimate of drug-likeness (QED) is 0.724. The summed E-state index contributed by atoms with van der Waals surface area (Å²) in [7, 11) is 0. The molecule has 5 heteroatoms. The molecule has 0 saturated carbocycles. The highest BCUT2D eigenvalue weighted by molar-refractivity contribution is 7.10. The first-order valence-electron chi connectivity index (χ1n) is 8.51. The Bertz CT molecular complexity index is 834. The molecule has 130 valence electrons.